The number of benzene rings is 2. The third-order valence-electron chi connectivity index (χ3n) is 3.20. The molecule has 25 heavy (non-hydrogen) atoms. The lowest BCUT2D eigenvalue weighted by molar-refractivity contribution is -0.124. The SMILES string of the molecule is CC(C)NC(=O)COC(=O)c1ccccc1OCc1ccc(Cl)cc1. The highest BCUT2D eigenvalue weighted by Gasteiger charge is 2.15. The predicted octanol–water partition coefficient (Wildman–Crippen LogP) is 3.60. The monoisotopic (exact) mass is 361 g/mol. The van der Waals surface area contributed by atoms with Gasteiger partial charge in [0.15, 0.2) is 6.61 Å². The van der Waals surface area contributed by atoms with Gasteiger partial charge in [-0.25, -0.2) is 4.79 Å². The summed E-state index contributed by atoms with van der Waals surface area (Å²) < 4.78 is 10.8. The molecule has 2 aromatic rings. The average molecular weight is 362 g/mol. The molecule has 0 aliphatic carbocycles. The molecule has 132 valence electrons. The third-order valence-corrected chi connectivity index (χ3v) is 3.45. The van der Waals surface area contributed by atoms with Gasteiger partial charge in [0.05, 0.1) is 0 Å². The van der Waals surface area contributed by atoms with Crippen LogP contribution in [0.3, 0.4) is 0 Å². The van der Waals surface area contributed by atoms with E-state index in [0.29, 0.717) is 10.8 Å². The Hall–Kier alpha value is -2.53. The van der Waals surface area contributed by atoms with Gasteiger partial charge in [0.2, 0.25) is 0 Å². The van der Waals surface area contributed by atoms with Crippen molar-refractivity contribution in [2.75, 3.05) is 6.61 Å². The van der Waals surface area contributed by atoms with Gasteiger partial charge in [-0.1, -0.05) is 35.9 Å². The zero-order valence-electron chi connectivity index (χ0n) is 14.1. The summed E-state index contributed by atoms with van der Waals surface area (Å²) in [4.78, 5) is 23.8. The molecule has 2 aromatic carbocycles. The highest BCUT2D eigenvalue weighted by molar-refractivity contribution is 6.30. The first kappa shape index (κ1) is 18.8. The minimum atomic E-state index is -0.606. The largest absolute Gasteiger partial charge is 0.488 e. The topological polar surface area (TPSA) is 64.6 Å². The molecule has 0 spiro atoms. The molecule has 1 N–H and O–H groups in total. The zero-order valence-corrected chi connectivity index (χ0v) is 14.9. The van der Waals surface area contributed by atoms with E-state index in [4.69, 9.17) is 21.1 Å². The van der Waals surface area contributed by atoms with E-state index in [1.54, 1.807) is 36.4 Å². The second-order valence-corrected chi connectivity index (χ2v) is 6.15. The Morgan fingerprint density at radius 2 is 1.76 bits per heavy atom. The summed E-state index contributed by atoms with van der Waals surface area (Å²) in [7, 11) is 0. The summed E-state index contributed by atoms with van der Waals surface area (Å²) in [6.45, 7) is 3.62. The van der Waals surface area contributed by atoms with Gasteiger partial charge in [0, 0.05) is 11.1 Å². The van der Waals surface area contributed by atoms with Gasteiger partial charge in [-0.3, -0.25) is 4.79 Å². The Morgan fingerprint density at radius 3 is 2.44 bits per heavy atom. The molecule has 0 bridgehead atoms. The van der Waals surface area contributed by atoms with Crippen LogP contribution >= 0.6 is 11.6 Å². The first-order valence-electron chi connectivity index (χ1n) is 7.88. The number of carbonyl (C=O) groups is 2. The molecule has 0 atom stereocenters. The van der Waals surface area contributed by atoms with Crippen molar-refractivity contribution in [3.05, 3.63) is 64.7 Å². The fourth-order valence-electron chi connectivity index (χ4n) is 2.08. The van der Waals surface area contributed by atoms with E-state index >= 15 is 0 Å². The van der Waals surface area contributed by atoms with Crippen molar-refractivity contribution in [2.24, 2.45) is 0 Å². The van der Waals surface area contributed by atoms with Crippen molar-refractivity contribution in [1.82, 2.24) is 5.32 Å². The fourth-order valence-corrected chi connectivity index (χ4v) is 2.20. The van der Waals surface area contributed by atoms with Crippen LogP contribution in [-0.4, -0.2) is 24.5 Å². The van der Waals surface area contributed by atoms with E-state index in [1.165, 1.54) is 0 Å². The van der Waals surface area contributed by atoms with Crippen LogP contribution in [0.5, 0.6) is 5.75 Å². The number of para-hydroxylation sites is 1. The lowest BCUT2D eigenvalue weighted by Gasteiger charge is -2.12. The molecule has 0 saturated heterocycles. The number of esters is 1. The molecule has 5 nitrogen and oxygen atoms in total. The van der Waals surface area contributed by atoms with Crippen molar-refractivity contribution < 1.29 is 19.1 Å². The van der Waals surface area contributed by atoms with Gasteiger partial charge in [0.1, 0.15) is 17.9 Å². The van der Waals surface area contributed by atoms with Gasteiger partial charge < -0.3 is 14.8 Å². The molecule has 0 fully saturated rings. The van der Waals surface area contributed by atoms with Crippen LogP contribution in [0.4, 0.5) is 0 Å². The number of halogens is 1. The van der Waals surface area contributed by atoms with Gasteiger partial charge in [-0.05, 0) is 43.7 Å². The molecule has 6 heteroatoms. The van der Waals surface area contributed by atoms with Crippen molar-refractivity contribution in [3.63, 3.8) is 0 Å². The molecular formula is C19H20ClNO4. The molecular weight excluding hydrogens is 342 g/mol. The van der Waals surface area contributed by atoms with Crippen LogP contribution in [0, 0.1) is 0 Å². The number of hydrogen-bond donors (Lipinski definition) is 1. The molecule has 0 unspecified atom stereocenters. The predicted molar refractivity (Wildman–Crippen MR) is 95.8 cm³/mol. The molecule has 0 aromatic heterocycles. The summed E-state index contributed by atoms with van der Waals surface area (Å²) in [6, 6.07) is 14.0. The first-order valence-corrected chi connectivity index (χ1v) is 8.26. The van der Waals surface area contributed by atoms with Crippen LogP contribution in [0.1, 0.15) is 29.8 Å². The van der Waals surface area contributed by atoms with Crippen LogP contribution in [0.25, 0.3) is 0 Å². The quantitative estimate of drug-likeness (QED) is 0.765. The van der Waals surface area contributed by atoms with Crippen LogP contribution in [0.15, 0.2) is 48.5 Å². The van der Waals surface area contributed by atoms with E-state index in [9.17, 15) is 9.59 Å². The highest BCUT2D eigenvalue weighted by atomic mass is 35.5. The maximum absolute atomic E-state index is 12.2. The maximum atomic E-state index is 12.2. The lowest BCUT2D eigenvalue weighted by atomic mass is 10.2. The minimum Gasteiger partial charge on any atom is -0.488 e. The fraction of sp³-hybridized carbons (Fsp3) is 0.263. The Kier molecular flexibility index (Phi) is 6.83. The van der Waals surface area contributed by atoms with Crippen LogP contribution in [-0.2, 0) is 16.1 Å². The molecule has 0 aliphatic heterocycles. The molecule has 1 amide bonds. The Labute approximate surface area is 151 Å². The summed E-state index contributed by atoms with van der Waals surface area (Å²) >= 11 is 5.85. The number of ether oxygens (including phenoxy) is 2. The van der Waals surface area contributed by atoms with E-state index in [2.05, 4.69) is 5.32 Å². The lowest BCUT2D eigenvalue weighted by Crippen LogP contribution is -2.34. The molecule has 0 saturated carbocycles. The second kappa shape index (κ2) is 9.08. The van der Waals surface area contributed by atoms with E-state index in [0.717, 1.165) is 5.56 Å². The number of carbonyl (C=O) groups excluding carboxylic acids is 2. The molecule has 0 radical (unpaired) electrons. The van der Waals surface area contributed by atoms with Gasteiger partial charge in [-0.15, -0.1) is 0 Å². The smallest absolute Gasteiger partial charge is 0.342 e. The standard InChI is InChI=1S/C19H20ClNO4/c1-13(2)21-18(22)12-25-19(23)16-5-3-4-6-17(16)24-11-14-7-9-15(20)10-8-14/h3-10,13H,11-12H2,1-2H3,(H,21,22). The molecule has 2 rings (SSSR count). The number of hydrogen-bond acceptors (Lipinski definition) is 4. The first-order chi connectivity index (χ1) is 12.0. The van der Waals surface area contributed by atoms with Crippen LogP contribution < -0.4 is 10.1 Å². The maximum Gasteiger partial charge on any atom is 0.342 e. The highest BCUT2D eigenvalue weighted by Crippen LogP contribution is 2.21. The second-order valence-electron chi connectivity index (χ2n) is 5.71. The van der Waals surface area contributed by atoms with Crippen molar-refractivity contribution >= 4 is 23.5 Å². The Balaban J connectivity index is 1.98. The zero-order chi connectivity index (χ0) is 18.2. The third kappa shape index (κ3) is 6.12. The van der Waals surface area contributed by atoms with Crippen LogP contribution in [0.2, 0.25) is 5.02 Å². The molecule has 0 aliphatic rings. The summed E-state index contributed by atoms with van der Waals surface area (Å²) in [6.07, 6.45) is 0. The Bertz CT molecular complexity index is 728. The minimum absolute atomic E-state index is 0.0128. The number of amides is 1. The van der Waals surface area contributed by atoms with Crippen molar-refractivity contribution in [3.8, 4) is 5.75 Å². The summed E-state index contributed by atoms with van der Waals surface area (Å²) in [5, 5.41) is 3.30. The van der Waals surface area contributed by atoms with Crippen molar-refractivity contribution in [1.29, 1.82) is 0 Å². The van der Waals surface area contributed by atoms with Gasteiger partial charge in [-0.2, -0.15) is 0 Å². The number of rotatable bonds is 7. The van der Waals surface area contributed by atoms with Crippen molar-refractivity contribution in [2.45, 2.75) is 26.5 Å². The van der Waals surface area contributed by atoms with Gasteiger partial charge in [0.25, 0.3) is 5.91 Å². The Morgan fingerprint density at radius 1 is 1.08 bits per heavy atom. The summed E-state index contributed by atoms with van der Waals surface area (Å²) in [5.41, 5.74) is 1.19. The average Bonchev–Trinajstić information content (AvgIpc) is 2.59. The normalized spacial score (nSPS) is 10.4. The van der Waals surface area contributed by atoms with E-state index in [1.807, 2.05) is 26.0 Å². The van der Waals surface area contributed by atoms with E-state index in [-0.39, 0.29) is 30.7 Å². The summed E-state index contributed by atoms with van der Waals surface area (Å²) in [5.74, 6) is -0.555. The van der Waals surface area contributed by atoms with Gasteiger partial charge >= 0.3 is 5.97 Å². The molecule has 0 heterocycles. The number of nitrogens with one attached hydrogen (secondary N) is 1. The van der Waals surface area contributed by atoms with E-state index < -0.39 is 5.97 Å².